The van der Waals surface area contributed by atoms with Gasteiger partial charge in [-0.05, 0) is 51.8 Å². The Balaban J connectivity index is 2.39. The molecule has 0 atom stereocenters. The lowest BCUT2D eigenvalue weighted by atomic mass is 10.1. The van der Waals surface area contributed by atoms with E-state index in [-0.39, 0.29) is 5.91 Å². The minimum atomic E-state index is -0.192. The number of pyridine rings is 1. The minimum absolute atomic E-state index is 0.192. The Morgan fingerprint density at radius 2 is 1.95 bits per heavy atom. The first-order chi connectivity index (χ1) is 10.4. The molecule has 1 aromatic heterocycles. The number of carbonyl (C=O) groups is 1. The Bertz CT molecular complexity index is 708. The maximum absolute atomic E-state index is 12.7. The molecular formula is C18H22N2O2. The summed E-state index contributed by atoms with van der Waals surface area (Å²) in [4.78, 5) is 17.1. The number of ether oxygens (including phenoxy) is 1. The fourth-order valence-corrected chi connectivity index (χ4v) is 2.41. The van der Waals surface area contributed by atoms with Crippen molar-refractivity contribution in [2.75, 3.05) is 11.9 Å². The summed E-state index contributed by atoms with van der Waals surface area (Å²) in [6.07, 6.45) is 0. The summed E-state index contributed by atoms with van der Waals surface area (Å²) in [6.45, 7) is 10.1. The fraction of sp³-hybridized carbons (Fsp3) is 0.333. The van der Waals surface area contributed by atoms with Crippen molar-refractivity contribution < 1.29 is 9.53 Å². The quantitative estimate of drug-likeness (QED) is 0.929. The molecule has 0 spiro atoms. The molecule has 0 aliphatic rings. The summed E-state index contributed by atoms with van der Waals surface area (Å²) in [5, 5.41) is 2.97. The van der Waals surface area contributed by atoms with E-state index in [0.717, 1.165) is 22.5 Å². The number of aryl methyl sites for hydroxylation is 3. The number of nitrogens with one attached hydrogen (secondary N) is 1. The highest BCUT2D eigenvalue weighted by molar-refractivity contribution is 6.07. The summed E-state index contributed by atoms with van der Waals surface area (Å²) < 4.78 is 5.61. The van der Waals surface area contributed by atoms with Crippen LogP contribution < -0.4 is 10.1 Å². The molecule has 2 rings (SSSR count). The summed E-state index contributed by atoms with van der Waals surface area (Å²) in [6, 6.07) is 7.66. The second-order valence-corrected chi connectivity index (χ2v) is 5.36. The Morgan fingerprint density at radius 3 is 2.64 bits per heavy atom. The summed E-state index contributed by atoms with van der Waals surface area (Å²) >= 11 is 0. The second-order valence-electron chi connectivity index (χ2n) is 5.36. The summed E-state index contributed by atoms with van der Waals surface area (Å²) in [5.41, 5.74) is 5.02. The highest BCUT2D eigenvalue weighted by atomic mass is 16.5. The van der Waals surface area contributed by atoms with Crippen LogP contribution in [-0.4, -0.2) is 17.5 Å². The maximum atomic E-state index is 12.7. The highest BCUT2D eigenvalue weighted by Crippen LogP contribution is 2.25. The molecule has 116 valence electrons. The van der Waals surface area contributed by atoms with Crippen LogP contribution in [0.25, 0.3) is 0 Å². The molecule has 0 aliphatic heterocycles. The van der Waals surface area contributed by atoms with E-state index in [4.69, 9.17) is 4.74 Å². The van der Waals surface area contributed by atoms with Gasteiger partial charge in [0.15, 0.2) is 0 Å². The van der Waals surface area contributed by atoms with E-state index in [9.17, 15) is 4.79 Å². The Hall–Kier alpha value is -2.36. The van der Waals surface area contributed by atoms with Gasteiger partial charge in [0.05, 0.1) is 12.3 Å². The number of carbonyl (C=O) groups excluding carboxylic acids is 1. The number of aromatic nitrogens is 1. The molecule has 22 heavy (non-hydrogen) atoms. The molecule has 1 amide bonds. The molecule has 1 heterocycles. The van der Waals surface area contributed by atoms with Gasteiger partial charge in [-0.1, -0.05) is 12.1 Å². The largest absolute Gasteiger partial charge is 0.493 e. The van der Waals surface area contributed by atoms with Gasteiger partial charge in [0.25, 0.3) is 5.91 Å². The topological polar surface area (TPSA) is 51.2 Å². The molecule has 0 aliphatic carbocycles. The molecule has 1 aromatic carbocycles. The van der Waals surface area contributed by atoms with E-state index >= 15 is 0 Å². The SMILES string of the molecule is CCOc1cc(C)nc(C)c1C(=O)Nc1cccc(C)c1C. The zero-order valence-corrected chi connectivity index (χ0v) is 13.8. The van der Waals surface area contributed by atoms with Gasteiger partial charge >= 0.3 is 0 Å². The molecule has 0 saturated heterocycles. The smallest absolute Gasteiger partial charge is 0.261 e. The average Bonchev–Trinajstić information content (AvgIpc) is 2.43. The van der Waals surface area contributed by atoms with Crippen LogP contribution in [0.5, 0.6) is 5.75 Å². The van der Waals surface area contributed by atoms with Crippen molar-refractivity contribution in [3.63, 3.8) is 0 Å². The predicted octanol–water partition coefficient (Wildman–Crippen LogP) is 3.97. The van der Waals surface area contributed by atoms with Gasteiger partial charge in [-0.2, -0.15) is 0 Å². The van der Waals surface area contributed by atoms with Gasteiger partial charge in [-0.25, -0.2) is 0 Å². The Morgan fingerprint density at radius 1 is 1.23 bits per heavy atom. The van der Waals surface area contributed by atoms with Crippen LogP contribution in [0.4, 0.5) is 5.69 Å². The number of rotatable bonds is 4. The highest BCUT2D eigenvalue weighted by Gasteiger charge is 2.18. The monoisotopic (exact) mass is 298 g/mol. The predicted molar refractivity (Wildman–Crippen MR) is 88.7 cm³/mol. The van der Waals surface area contributed by atoms with Gasteiger partial charge in [0, 0.05) is 17.4 Å². The van der Waals surface area contributed by atoms with Crippen LogP contribution in [-0.2, 0) is 0 Å². The fourth-order valence-electron chi connectivity index (χ4n) is 2.41. The number of nitrogens with zero attached hydrogens (tertiary/aromatic N) is 1. The minimum Gasteiger partial charge on any atom is -0.493 e. The molecule has 4 nitrogen and oxygen atoms in total. The number of hydrogen-bond donors (Lipinski definition) is 1. The standard InChI is InChI=1S/C18H22N2O2/c1-6-22-16-10-12(3)19-14(5)17(16)18(21)20-15-9-7-8-11(2)13(15)4/h7-10H,6H2,1-5H3,(H,20,21). The van der Waals surface area contributed by atoms with Gasteiger partial charge in [0.1, 0.15) is 11.3 Å². The second kappa shape index (κ2) is 6.60. The van der Waals surface area contributed by atoms with Crippen molar-refractivity contribution in [3.8, 4) is 5.75 Å². The average molecular weight is 298 g/mol. The van der Waals surface area contributed by atoms with Gasteiger partial charge < -0.3 is 10.1 Å². The van der Waals surface area contributed by atoms with Crippen molar-refractivity contribution in [2.24, 2.45) is 0 Å². The zero-order chi connectivity index (χ0) is 16.3. The number of anilines is 1. The van der Waals surface area contributed by atoms with Gasteiger partial charge in [-0.15, -0.1) is 0 Å². The first-order valence-electron chi connectivity index (χ1n) is 7.42. The molecule has 2 aromatic rings. The van der Waals surface area contributed by atoms with Crippen molar-refractivity contribution in [1.82, 2.24) is 4.98 Å². The number of hydrogen-bond acceptors (Lipinski definition) is 3. The van der Waals surface area contributed by atoms with E-state index in [1.165, 1.54) is 0 Å². The first-order valence-corrected chi connectivity index (χ1v) is 7.42. The number of benzene rings is 1. The third-order valence-electron chi connectivity index (χ3n) is 3.67. The lowest BCUT2D eigenvalue weighted by molar-refractivity contribution is 0.102. The summed E-state index contributed by atoms with van der Waals surface area (Å²) in [7, 11) is 0. The first kappa shape index (κ1) is 16.0. The molecule has 4 heteroatoms. The van der Waals surface area contributed by atoms with Crippen LogP contribution in [0, 0.1) is 27.7 Å². The van der Waals surface area contributed by atoms with Crippen LogP contribution in [0.1, 0.15) is 39.8 Å². The van der Waals surface area contributed by atoms with Crippen molar-refractivity contribution in [1.29, 1.82) is 0 Å². The van der Waals surface area contributed by atoms with Gasteiger partial charge in [-0.3, -0.25) is 9.78 Å². The normalized spacial score (nSPS) is 10.4. The molecule has 0 radical (unpaired) electrons. The van der Waals surface area contributed by atoms with E-state index in [2.05, 4.69) is 10.3 Å². The molecule has 0 fully saturated rings. The third kappa shape index (κ3) is 3.27. The van der Waals surface area contributed by atoms with Gasteiger partial charge in [0.2, 0.25) is 0 Å². The van der Waals surface area contributed by atoms with Crippen molar-refractivity contribution in [2.45, 2.75) is 34.6 Å². The van der Waals surface area contributed by atoms with E-state index in [1.807, 2.05) is 52.8 Å². The zero-order valence-electron chi connectivity index (χ0n) is 13.8. The van der Waals surface area contributed by atoms with Crippen molar-refractivity contribution >= 4 is 11.6 Å². The number of amides is 1. The van der Waals surface area contributed by atoms with E-state index in [0.29, 0.717) is 23.6 Å². The van der Waals surface area contributed by atoms with E-state index in [1.54, 1.807) is 6.07 Å². The molecule has 0 unspecified atom stereocenters. The molecular weight excluding hydrogens is 276 g/mol. The lowest BCUT2D eigenvalue weighted by Gasteiger charge is -2.15. The molecule has 1 N–H and O–H groups in total. The third-order valence-corrected chi connectivity index (χ3v) is 3.67. The van der Waals surface area contributed by atoms with E-state index < -0.39 is 0 Å². The molecule has 0 bridgehead atoms. The van der Waals surface area contributed by atoms with Crippen LogP contribution in [0.3, 0.4) is 0 Å². The van der Waals surface area contributed by atoms with Crippen LogP contribution >= 0.6 is 0 Å². The summed E-state index contributed by atoms with van der Waals surface area (Å²) in [5.74, 6) is 0.387. The van der Waals surface area contributed by atoms with Crippen LogP contribution in [0.15, 0.2) is 24.3 Å². The Labute approximate surface area is 131 Å². The lowest BCUT2D eigenvalue weighted by Crippen LogP contribution is -2.17. The molecule has 0 saturated carbocycles. The van der Waals surface area contributed by atoms with Crippen molar-refractivity contribution in [3.05, 3.63) is 52.3 Å². The maximum Gasteiger partial charge on any atom is 0.261 e. The van der Waals surface area contributed by atoms with Crippen LogP contribution in [0.2, 0.25) is 0 Å². The Kier molecular flexibility index (Phi) is 4.81.